The lowest BCUT2D eigenvalue weighted by molar-refractivity contribution is -0.136. The Hall–Kier alpha value is -4.12. The van der Waals surface area contributed by atoms with Crippen LogP contribution in [0, 0.1) is 0 Å². The molecule has 0 aliphatic rings. The van der Waals surface area contributed by atoms with Crippen molar-refractivity contribution in [1.29, 1.82) is 0 Å². The standard InChI is InChI=1S/C33H36N2O3/c1-3-4-5-6-10-24-11-9-12-27(21-24)32(29-22-35-30-14-8-7-13-28(29)30)23(2)25-15-17-26(18-16-25)33(38)34-20-19-31(36)37/h6-18,21-23,32,35H,3-5,19-20H2,1-2H3,(H,34,38)(H,36,37). The van der Waals surface area contributed by atoms with Gasteiger partial charge in [0, 0.05) is 35.1 Å². The molecule has 1 heterocycles. The minimum Gasteiger partial charge on any atom is -0.481 e. The number of nitrogens with one attached hydrogen (secondary N) is 2. The van der Waals surface area contributed by atoms with Gasteiger partial charge in [0.1, 0.15) is 0 Å². The van der Waals surface area contributed by atoms with E-state index in [-0.39, 0.29) is 30.7 Å². The summed E-state index contributed by atoms with van der Waals surface area (Å²) < 4.78 is 0. The second-order valence-electron chi connectivity index (χ2n) is 9.79. The summed E-state index contributed by atoms with van der Waals surface area (Å²) in [5, 5.41) is 12.7. The SMILES string of the molecule is CCCCC=Cc1cccc(C(c2c[nH]c3ccccc23)C(C)c2ccc(C(=O)NCCC(=O)O)cc2)c1. The fraction of sp³-hybridized carbons (Fsp3) is 0.273. The van der Waals surface area contributed by atoms with Gasteiger partial charge in [-0.15, -0.1) is 0 Å². The van der Waals surface area contributed by atoms with E-state index in [4.69, 9.17) is 5.11 Å². The average Bonchev–Trinajstić information content (AvgIpc) is 3.35. The molecule has 4 aromatic rings. The number of aliphatic carboxylic acids is 1. The van der Waals surface area contributed by atoms with E-state index in [0.717, 1.165) is 17.5 Å². The molecular weight excluding hydrogens is 472 g/mol. The van der Waals surface area contributed by atoms with Gasteiger partial charge in [-0.3, -0.25) is 9.59 Å². The summed E-state index contributed by atoms with van der Waals surface area (Å²) in [6, 6.07) is 24.8. The Bertz CT molecular complexity index is 1400. The third-order valence-electron chi connectivity index (χ3n) is 7.08. The molecule has 0 fully saturated rings. The summed E-state index contributed by atoms with van der Waals surface area (Å²) >= 11 is 0. The Morgan fingerprint density at radius 2 is 1.79 bits per heavy atom. The van der Waals surface area contributed by atoms with E-state index < -0.39 is 5.97 Å². The van der Waals surface area contributed by atoms with Crippen LogP contribution in [0.3, 0.4) is 0 Å². The Labute approximate surface area is 224 Å². The highest BCUT2D eigenvalue weighted by atomic mass is 16.4. The summed E-state index contributed by atoms with van der Waals surface area (Å²) in [5.41, 5.74) is 6.46. The zero-order valence-electron chi connectivity index (χ0n) is 22.1. The van der Waals surface area contributed by atoms with Crippen LogP contribution in [0.2, 0.25) is 0 Å². The molecule has 3 N–H and O–H groups in total. The van der Waals surface area contributed by atoms with Crippen LogP contribution < -0.4 is 5.32 Å². The minimum atomic E-state index is -0.932. The summed E-state index contributed by atoms with van der Waals surface area (Å²) in [6.07, 6.45) is 9.96. The van der Waals surface area contributed by atoms with Crippen molar-refractivity contribution >= 4 is 28.9 Å². The summed E-state index contributed by atoms with van der Waals surface area (Å²) in [4.78, 5) is 26.6. The predicted octanol–water partition coefficient (Wildman–Crippen LogP) is 7.51. The number of rotatable bonds is 12. The zero-order valence-corrected chi connectivity index (χ0v) is 22.1. The number of carboxylic acids is 1. The molecule has 0 saturated heterocycles. The van der Waals surface area contributed by atoms with E-state index in [1.54, 1.807) is 0 Å². The number of hydrogen-bond acceptors (Lipinski definition) is 2. The minimum absolute atomic E-state index is 0.0972. The normalized spacial score (nSPS) is 13.0. The lowest BCUT2D eigenvalue weighted by Gasteiger charge is -2.26. The number of carboxylic acid groups (broad SMARTS) is 1. The molecule has 0 aliphatic carbocycles. The number of fused-ring (bicyclic) bond motifs is 1. The number of amides is 1. The Balaban J connectivity index is 1.65. The highest BCUT2D eigenvalue weighted by molar-refractivity contribution is 5.94. The molecule has 2 unspecified atom stereocenters. The van der Waals surface area contributed by atoms with E-state index in [2.05, 4.69) is 85.0 Å². The Morgan fingerprint density at radius 3 is 2.55 bits per heavy atom. The fourth-order valence-electron chi connectivity index (χ4n) is 5.00. The predicted molar refractivity (Wildman–Crippen MR) is 155 cm³/mol. The van der Waals surface area contributed by atoms with Crippen LogP contribution in [0.25, 0.3) is 17.0 Å². The molecule has 0 saturated carbocycles. The molecule has 1 aromatic heterocycles. The number of para-hydroxylation sites is 1. The van der Waals surface area contributed by atoms with Gasteiger partial charge in [-0.1, -0.05) is 93.4 Å². The van der Waals surface area contributed by atoms with Gasteiger partial charge in [-0.2, -0.15) is 0 Å². The number of carbonyl (C=O) groups excluding carboxylic acids is 1. The molecule has 38 heavy (non-hydrogen) atoms. The molecule has 2 atom stereocenters. The maximum absolute atomic E-state index is 12.4. The molecule has 5 nitrogen and oxygen atoms in total. The molecule has 0 bridgehead atoms. The van der Waals surface area contributed by atoms with Crippen molar-refractivity contribution in [1.82, 2.24) is 10.3 Å². The van der Waals surface area contributed by atoms with Gasteiger partial charge in [-0.05, 0) is 52.8 Å². The van der Waals surface area contributed by atoms with Gasteiger partial charge in [0.2, 0.25) is 0 Å². The maximum atomic E-state index is 12.4. The monoisotopic (exact) mass is 508 g/mol. The van der Waals surface area contributed by atoms with Gasteiger partial charge in [0.05, 0.1) is 6.42 Å². The number of carbonyl (C=O) groups is 2. The highest BCUT2D eigenvalue weighted by Crippen LogP contribution is 2.41. The first-order valence-corrected chi connectivity index (χ1v) is 13.4. The van der Waals surface area contributed by atoms with Crippen molar-refractivity contribution < 1.29 is 14.7 Å². The second kappa shape index (κ2) is 12.9. The van der Waals surface area contributed by atoms with E-state index in [9.17, 15) is 9.59 Å². The number of hydrogen-bond donors (Lipinski definition) is 3. The number of allylic oxidation sites excluding steroid dienone is 1. The van der Waals surface area contributed by atoms with Gasteiger partial charge >= 0.3 is 5.97 Å². The molecule has 0 spiro atoms. The number of H-pyrrole nitrogens is 1. The molecule has 196 valence electrons. The van der Waals surface area contributed by atoms with Crippen LogP contribution in [0.1, 0.15) is 84.0 Å². The Kier molecular flexibility index (Phi) is 9.15. The molecule has 5 heteroatoms. The van der Waals surface area contributed by atoms with E-state index in [0.29, 0.717) is 5.56 Å². The van der Waals surface area contributed by atoms with Crippen LogP contribution in [0.15, 0.2) is 85.1 Å². The van der Waals surface area contributed by atoms with Gasteiger partial charge in [-0.25, -0.2) is 0 Å². The Morgan fingerprint density at radius 1 is 1.00 bits per heavy atom. The third kappa shape index (κ3) is 6.60. The van der Waals surface area contributed by atoms with Crippen molar-refractivity contribution in [2.24, 2.45) is 0 Å². The molecular formula is C33H36N2O3. The van der Waals surface area contributed by atoms with Crippen molar-refractivity contribution in [3.05, 3.63) is 113 Å². The van der Waals surface area contributed by atoms with Gasteiger partial charge in [0.25, 0.3) is 5.91 Å². The number of aromatic nitrogens is 1. The molecule has 4 rings (SSSR count). The van der Waals surface area contributed by atoms with Crippen LogP contribution in [0.5, 0.6) is 0 Å². The van der Waals surface area contributed by atoms with Crippen molar-refractivity contribution in [2.75, 3.05) is 6.54 Å². The maximum Gasteiger partial charge on any atom is 0.305 e. The number of benzene rings is 3. The zero-order chi connectivity index (χ0) is 26.9. The molecule has 0 radical (unpaired) electrons. The van der Waals surface area contributed by atoms with Crippen LogP contribution in [-0.2, 0) is 4.79 Å². The summed E-state index contributed by atoms with van der Waals surface area (Å²) in [6.45, 7) is 4.55. The van der Waals surface area contributed by atoms with Crippen LogP contribution >= 0.6 is 0 Å². The van der Waals surface area contributed by atoms with Gasteiger partial charge in [0.15, 0.2) is 0 Å². The quantitative estimate of drug-likeness (QED) is 0.173. The van der Waals surface area contributed by atoms with Crippen molar-refractivity contribution in [3.8, 4) is 0 Å². The first-order valence-electron chi connectivity index (χ1n) is 13.4. The summed E-state index contributed by atoms with van der Waals surface area (Å²) in [7, 11) is 0. The van der Waals surface area contributed by atoms with E-state index >= 15 is 0 Å². The summed E-state index contributed by atoms with van der Waals surface area (Å²) in [5.74, 6) is -0.956. The molecule has 3 aromatic carbocycles. The lowest BCUT2D eigenvalue weighted by Crippen LogP contribution is -2.26. The van der Waals surface area contributed by atoms with Crippen molar-refractivity contribution in [3.63, 3.8) is 0 Å². The van der Waals surface area contributed by atoms with Gasteiger partial charge < -0.3 is 15.4 Å². The van der Waals surface area contributed by atoms with Crippen LogP contribution in [-0.4, -0.2) is 28.5 Å². The number of unbranched alkanes of at least 4 members (excludes halogenated alkanes) is 2. The first-order chi connectivity index (χ1) is 18.5. The topological polar surface area (TPSA) is 82.2 Å². The highest BCUT2D eigenvalue weighted by Gasteiger charge is 2.26. The average molecular weight is 509 g/mol. The third-order valence-corrected chi connectivity index (χ3v) is 7.08. The largest absolute Gasteiger partial charge is 0.481 e. The first kappa shape index (κ1) is 26.9. The number of aromatic amines is 1. The van der Waals surface area contributed by atoms with Crippen molar-refractivity contribution in [2.45, 2.75) is 51.4 Å². The molecule has 0 aliphatic heterocycles. The fourth-order valence-corrected chi connectivity index (χ4v) is 5.00. The van der Waals surface area contributed by atoms with E-state index in [1.165, 1.54) is 34.9 Å². The van der Waals surface area contributed by atoms with Crippen LogP contribution in [0.4, 0.5) is 0 Å². The smallest absolute Gasteiger partial charge is 0.305 e. The molecule has 1 amide bonds. The lowest BCUT2D eigenvalue weighted by atomic mass is 9.77. The second-order valence-corrected chi connectivity index (χ2v) is 9.79. The van der Waals surface area contributed by atoms with E-state index in [1.807, 2.05) is 30.3 Å².